The highest BCUT2D eigenvalue weighted by Gasteiger charge is 2.27. The van der Waals surface area contributed by atoms with Crippen LogP contribution in [0.5, 0.6) is 0 Å². The van der Waals surface area contributed by atoms with E-state index in [1.165, 1.54) is 18.2 Å². The molecular weight excluding hydrogens is 429 g/mol. The summed E-state index contributed by atoms with van der Waals surface area (Å²) in [7, 11) is -3.71. The van der Waals surface area contributed by atoms with Gasteiger partial charge in [0.15, 0.2) is 5.82 Å². The summed E-state index contributed by atoms with van der Waals surface area (Å²) in [6.45, 7) is 7.00. The molecule has 0 aliphatic carbocycles. The van der Waals surface area contributed by atoms with Crippen molar-refractivity contribution in [3.8, 4) is 11.3 Å². The van der Waals surface area contributed by atoms with Gasteiger partial charge in [-0.25, -0.2) is 17.5 Å². The van der Waals surface area contributed by atoms with Crippen molar-refractivity contribution in [3.05, 3.63) is 65.2 Å². The van der Waals surface area contributed by atoms with Gasteiger partial charge in [0.2, 0.25) is 10.0 Å². The molecule has 0 atom stereocenters. The van der Waals surface area contributed by atoms with E-state index in [-0.39, 0.29) is 10.9 Å². The molecule has 0 amide bonds. The van der Waals surface area contributed by atoms with Crippen LogP contribution in [-0.4, -0.2) is 42.7 Å². The summed E-state index contributed by atoms with van der Waals surface area (Å²) in [5.41, 5.74) is 4.34. The molecule has 1 saturated heterocycles. The van der Waals surface area contributed by atoms with Crippen LogP contribution in [-0.2, 0) is 10.0 Å². The summed E-state index contributed by atoms with van der Waals surface area (Å²) < 4.78 is 41.7. The first-order chi connectivity index (χ1) is 15.3. The lowest BCUT2D eigenvalue weighted by atomic mass is 10.0. The maximum Gasteiger partial charge on any atom is 0.241 e. The molecular formula is C23H26FN5O2S. The zero-order chi connectivity index (χ0) is 22.9. The Balaban J connectivity index is 1.45. The van der Waals surface area contributed by atoms with Crippen LogP contribution < -0.4 is 9.62 Å². The summed E-state index contributed by atoms with van der Waals surface area (Å²) in [6.07, 6.45) is 4.76. The number of nitrogens with one attached hydrogen (secondary N) is 1. The summed E-state index contributed by atoms with van der Waals surface area (Å²) in [5.74, 6) is 0.382. The molecule has 7 nitrogen and oxygen atoms in total. The van der Waals surface area contributed by atoms with E-state index in [2.05, 4.69) is 24.8 Å². The number of benzene rings is 1. The fourth-order valence-corrected chi connectivity index (χ4v) is 5.61. The monoisotopic (exact) mass is 455 g/mol. The third-order valence-corrected chi connectivity index (χ3v) is 7.68. The first-order valence-electron chi connectivity index (χ1n) is 10.5. The highest BCUT2D eigenvalue weighted by Crippen LogP contribution is 2.29. The van der Waals surface area contributed by atoms with Crippen molar-refractivity contribution in [2.45, 2.75) is 44.6 Å². The van der Waals surface area contributed by atoms with Gasteiger partial charge in [0.25, 0.3) is 0 Å². The van der Waals surface area contributed by atoms with Gasteiger partial charge in [0, 0.05) is 37.1 Å². The van der Waals surface area contributed by atoms with E-state index < -0.39 is 15.8 Å². The Morgan fingerprint density at radius 2 is 1.69 bits per heavy atom. The van der Waals surface area contributed by atoms with Crippen molar-refractivity contribution in [2.24, 2.45) is 0 Å². The standard InChI is InChI=1S/C23H26FN5O2S/c1-15-14-19(24)4-5-21(15)32(30,31)28-20-8-12-29(13-9-20)23-17(3)16(2)22(26-27-23)18-6-10-25-11-7-18/h4-7,10-11,14,20,28H,8-9,12-13H2,1-3H3. The van der Waals surface area contributed by atoms with E-state index in [1.807, 2.05) is 26.0 Å². The van der Waals surface area contributed by atoms with Gasteiger partial charge >= 0.3 is 0 Å². The molecule has 1 fully saturated rings. The molecule has 2 aromatic heterocycles. The second-order valence-corrected chi connectivity index (χ2v) is 9.83. The Morgan fingerprint density at radius 1 is 1.00 bits per heavy atom. The van der Waals surface area contributed by atoms with Crippen LogP contribution in [0.3, 0.4) is 0 Å². The van der Waals surface area contributed by atoms with Crippen molar-refractivity contribution in [1.29, 1.82) is 0 Å². The van der Waals surface area contributed by atoms with Crippen molar-refractivity contribution in [2.75, 3.05) is 18.0 Å². The number of hydrogen-bond donors (Lipinski definition) is 1. The van der Waals surface area contributed by atoms with Crippen LogP contribution in [0.4, 0.5) is 10.2 Å². The van der Waals surface area contributed by atoms with E-state index in [4.69, 9.17) is 0 Å². The van der Waals surface area contributed by atoms with Crippen LogP contribution in [0.15, 0.2) is 47.6 Å². The molecule has 9 heteroatoms. The number of piperidine rings is 1. The number of aromatic nitrogens is 3. The van der Waals surface area contributed by atoms with E-state index in [0.29, 0.717) is 31.5 Å². The topological polar surface area (TPSA) is 88.1 Å². The smallest absolute Gasteiger partial charge is 0.241 e. The predicted molar refractivity (Wildman–Crippen MR) is 121 cm³/mol. The lowest BCUT2D eigenvalue weighted by Crippen LogP contribution is -2.45. The maximum absolute atomic E-state index is 13.3. The number of rotatable bonds is 5. The van der Waals surface area contributed by atoms with Gasteiger partial charge in [-0.3, -0.25) is 4.98 Å². The average molecular weight is 456 g/mol. The molecule has 0 spiro atoms. The largest absolute Gasteiger partial charge is 0.355 e. The number of pyridine rings is 1. The summed E-state index contributed by atoms with van der Waals surface area (Å²) >= 11 is 0. The maximum atomic E-state index is 13.3. The van der Waals surface area contributed by atoms with Gasteiger partial charge in [0.1, 0.15) is 5.82 Å². The second-order valence-electron chi connectivity index (χ2n) is 8.15. The molecule has 1 aromatic carbocycles. The van der Waals surface area contributed by atoms with E-state index >= 15 is 0 Å². The van der Waals surface area contributed by atoms with Gasteiger partial charge in [-0.1, -0.05) is 0 Å². The number of aryl methyl sites for hydroxylation is 1. The summed E-state index contributed by atoms with van der Waals surface area (Å²) in [4.78, 5) is 6.32. The fourth-order valence-electron chi connectivity index (χ4n) is 4.08. The molecule has 4 rings (SSSR count). The molecule has 3 aromatic rings. The van der Waals surface area contributed by atoms with E-state index in [1.54, 1.807) is 19.3 Å². The number of halogens is 1. The fraction of sp³-hybridized carbons (Fsp3) is 0.348. The average Bonchev–Trinajstić information content (AvgIpc) is 2.76. The van der Waals surface area contributed by atoms with Crippen molar-refractivity contribution < 1.29 is 12.8 Å². The van der Waals surface area contributed by atoms with E-state index in [0.717, 1.165) is 28.2 Å². The Bertz CT molecular complexity index is 1230. The Hall–Kier alpha value is -2.91. The SMILES string of the molecule is Cc1cc(F)ccc1S(=O)(=O)NC1CCN(c2nnc(-c3ccncc3)c(C)c2C)CC1. The molecule has 0 saturated carbocycles. The number of nitrogens with zero attached hydrogens (tertiary/aromatic N) is 4. The summed E-state index contributed by atoms with van der Waals surface area (Å²) in [6, 6.07) is 7.35. The molecule has 0 unspecified atom stereocenters. The van der Waals surface area contributed by atoms with Gasteiger partial charge < -0.3 is 4.90 Å². The van der Waals surface area contributed by atoms with Crippen molar-refractivity contribution in [3.63, 3.8) is 0 Å². The lowest BCUT2D eigenvalue weighted by molar-refractivity contribution is 0.457. The highest BCUT2D eigenvalue weighted by atomic mass is 32.2. The van der Waals surface area contributed by atoms with Crippen LogP contribution in [0, 0.1) is 26.6 Å². The zero-order valence-electron chi connectivity index (χ0n) is 18.3. The molecule has 1 aliphatic rings. The van der Waals surface area contributed by atoms with Gasteiger partial charge in [0.05, 0.1) is 10.6 Å². The summed E-state index contributed by atoms with van der Waals surface area (Å²) in [5, 5.41) is 8.95. The van der Waals surface area contributed by atoms with Gasteiger partial charge in [-0.15, -0.1) is 10.2 Å². The molecule has 0 radical (unpaired) electrons. The normalized spacial score (nSPS) is 15.2. The minimum absolute atomic E-state index is 0.116. The van der Waals surface area contributed by atoms with Crippen LogP contribution in [0.1, 0.15) is 29.5 Å². The van der Waals surface area contributed by atoms with E-state index in [9.17, 15) is 12.8 Å². The quantitative estimate of drug-likeness (QED) is 0.633. The first-order valence-corrected chi connectivity index (χ1v) is 12.0. The number of sulfonamides is 1. The van der Waals surface area contributed by atoms with Crippen LogP contribution in [0.2, 0.25) is 0 Å². The number of anilines is 1. The molecule has 1 aliphatic heterocycles. The molecule has 168 valence electrons. The second kappa shape index (κ2) is 8.91. The van der Waals surface area contributed by atoms with Gasteiger partial charge in [-0.2, -0.15) is 0 Å². The predicted octanol–water partition coefficient (Wildman–Crippen LogP) is 3.55. The van der Waals surface area contributed by atoms with Gasteiger partial charge in [-0.05, 0) is 80.6 Å². The molecule has 0 bridgehead atoms. The molecule has 1 N–H and O–H groups in total. The number of hydrogen-bond acceptors (Lipinski definition) is 6. The van der Waals surface area contributed by atoms with Crippen molar-refractivity contribution in [1.82, 2.24) is 19.9 Å². The Labute approximate surface area is 187 Å². The molecule has 3 heterocycles. The third-order valence-electron chi connectivity index (χ3n) is 5.99. The minimum Gasteiger partial charge on any atom is -0.355 e. The van der Waals surface area contributed by atoms with Crippen LogP contribution in [0.25, 0.3) is 11.3 Å². The first kappa shape index (κ1) is 22.3. The lowest BCUT2D eigenvalue weighted by Gasteiger charge is -2.34. The minimum atomic E-state index is -3.71. The Kier molecular flexibility index (Phi) is 6.21. The third kappa shape index (κ3) is 4.49. The Morgan fingerprint density at radius 3 is 2.34 bits per heavy atom. The molecule has 32 heavy (non-hydrogen) atoms. The highest BCUT2D eigenvalue weighted by molar-refractivity contribution is 7.89. The van der Waals surface area contributed by atoms with Crippen LogP contribution >= 0.6 is 0 Å². The van der Waals surface area contributed by atoms with Crippen molar-refractivity contribution >= 4 is 15.8 Å². The zero-order valence-corrected chi connectivity index (χ0v) is 19.2.